The van der Waals surface area contributed by atoms with Gasteiger partial charge in [0.25, 0.3) is 0 Å². The van der Waals surface area contributed by atoms with Gasteiger partial charge >= 0.3 is 5.97 Å². The topological polar surface area (TPSA) is 50.8 Å². The zero-order valence-corrected chi connectivity index (χ0v) is 14.3. The molecule has 1 fully saturated rings. The Morgan fingerprint density at radius 1 is 1.52 bits per heavy atom. The number of methoxy groups -OCH3 is 1. The number of carbonyl (C=O) groups excluding carboxylic acids is 1. The second-order valence-corrected chi connectivity index (χ2v) is 6.27. The van der Waals surface area contributed by atoms with E-state index in [0.717, 1.165) is 45.4 Å². The van der Waals surface area contributed by atoms with Gasteiger partial charge in [-0.25, -0.2) is 0 Å². The average molecular weight is 300 g/mol. The van der Waals surface area contributed by atoms with Crippen LogP contribution < -0.4 is 5.32 Å². The molecule has 1 saturated heterocycles. The SMILES string of the molecule is CCCNC(C)(CCCN(C)C1CCOC1C)C(=O)OC. The van der Waals surface area contributed by atoms with Crippen molar-refractivity contribution in [3.63, 3.8) is 0 Å². The molecule has 1 aliphatic rings. The van der Waals surface area contributed by atoms with Gasteiger partial charge in [0.05, 0.1) is 13.2 Å². The molecule has 1 heterocycles. The van der Waals surface area contributed by atoms with Crippen LogP contribution in [-0.2, 0) is 14.3 Å². The van der Waals surface area contributed by atoms with Crippen molar-refractivity contribution in [1.82, 2.24) is 10.2 Å². The summed E-state index contributed by atoms with van der Waals surface area (Å²) in [7, 11) is 3.60. The molecular formula is C16H32N2O3. The first-order valence-corrected chi connectivity index (χ1v) is 8.10. The van der Waals surface area contributed by atoms with Gasteiger partial charge in [-0.05, 0) is 59.7 Å². The van der Waals surface area contributed by atoms with Crippen LogP contribution in [0.5, 0.6) is 0 Å². The van der Waals surface area contributed by atoms with Gasteiger partial charge < -0.3 is 19.7 Å². The summed E-state index contributed by atoms with van der Waals surface area (Å²) in [4.78, 5) is 14.4. The van der Waals surface area contributed by atoms with Gasteiger partial charge in [-0.1, -0.05) is 6.92 Å². The first kappa shape index (κ1) is 18.4. The highest BCUT2D eigenvalue weighted by Gasteiger charge is 2.34. The van der Waals surface area contributed by atoms with E-state index in [1.165, 1.54) is 7.11 Å². The minimum absolute atomic E-state index is 0.170. The Balaban J connectivity index is 2.43. The number of nitrogens with zero attached hydrogens (tertiary/aromatic N) is 1. The molecule has 124 valence electrons. The molecule has 0 saturated carbocycles. The molecule has 0 aromatic heterocycles. The minimum Gasteiger partial charge on any atom is -0.468 e. The highest BCUT2D eigenvalue weighted by Crippen LogP contribution is 2.20. The second kappa shape index (κ2) is 8.71. The lowest BCUT2D eigenvalue weighted by Gasteiger charge is -2.30. The lowest BCUT2D eigenvalue weighted by atomic mass is 9.95. The summed E-state index contributed by atoms with van der Waals surface area (Å²) >= 11 is 0. The number of ether oxygens (including phenoxy) is 2. The Labute approximate surface area is 129 Å². The first-order chi connectivity index (χ1) is 9.94. The number of rotatable bonds is 9. The van der Waals surface area contributed by atoms with Crippen LogP contribution in [0.15, 0.2) is 0 Å². The lowest BCUT2D eigenvalue weighted by molar-refractivity contribution is -0.148. The van der Waals surface area contributed by atoms with Gasteiger partial charge in [-0.3, -0.25) is 4.79 Å². The van der Waals surface area contributed by atoms with Crippen molar-refractivity contribution in [3.8, 4) is 0 Å². The van der Waals surface area contributed by atoms with Crippen LogP contribution >= 0.6 is 0 Å². The molecule has 3 atom stereocenters. The molecule has 0 aliphatic carbocycles. The predicted molar refractivity (Wildman–Crippen MR) is 84.4 cm³/mol. The predicted octanol–water partition coefficient (Wildman–Crippen LogP) is 1.81. The molecule has 5 heteroatoms. The summed E-state index contributed by atoms with van der Waals surface area (Å²) in [5.41, 5.74) is -0.580. The highest BCUT2D eigenvalue weighted by molar-refractivity contribution is 5.80. The molecular weight excluding hydrogens is 268 g/mol. The zero-order chi connectivity index (χ0) is 15.9. The maximum absolute atomic E-state index is 12.0. The van der Waals surface area contributed by atoms with Crippen molar-refractivity contribution < 1.29 is 14.3 Å². The summed E-state index contributed by atoms with van der Waals surface area (Å²) in [6, 6.07) is 0.498. The normalized spacial score (nSPS) is 25.0. The fraction of sp³-hybridized carbons (Fsp3) is 0.938. The van der Waals surface area contributed by atoms with Crippen molar-refractivity contribution in [3.05, 3.63) is 0 Å². The van der Waals surface area contributed by atoms with Crippen LogP contribution in [0.3, 0.4) is 0 Å². The summed E-state index contributed by atoms with van der Waals surface area (Å²) < 4.78 is 10.6. The summed E-state index contributed by atoms with van der Waals surface area (Å²) in [6.45, 7) is 8.83. The van der Waals surface area contributed by atoms with Crippen LogP contribution in [0.25, 0.3) is 0 Å². The van der Waals surface area contributed by atoms with Crippen LogP contribution in [0.2, 0.25) is 0 Å². The number of likely N-dealkylation sites (N-methyl/N-ethyl adjacent to an activating group) is 1. The van der Waals surface area contributed by atoms with E-state index >= 15 is 0 Å². The van der Waals surface area contributed by atoms with Gasteiger partial charge in [-0.15, -0.1) is 0 Å². The van der Waals surface area contributed by atoms with Crippen LogP contribution in [0.4, 0.5) is 0 Å². The number of carbonyl (C=O) groups is 1. The van der Waals surface area contributed by atoms with E-state index in [1.54, 1.807) is 0 Å². The average Bonchev–Trinajstić information content (AvgIpc) is 2.90. The van der Waals surface area contributed by atoms with Crippen LogP contribution in [0.1, 0.15) is 46.5 Å². The number of hydrogen-bond acceptors (Lipinski definition) is 5. The Kier molecular flexibility index (Phi) is 7.63. The summed E-state index contributed by atoms with van der Waals surface area (Å²) in [5.74, 6) is -0.170. The van der Waals surface area contributed by atoms with E-state index in [4.69, 9.17) is 9.47 Å². The van der Waals surface area contributed by atoms with E-state index in [-0.39, 0.29) is 5.97 Å². The molecule has 1 N–H and O–H groups in total. The summed E-state index contributed by atoms with van der Waals surface area (Å²) in [5, 5.41) is 3.33. The number of hydrogen-bond donors (Lipinski definition) is 1. The monoisotopic (exact) mass is 300 g/mol. The third-order valence-corrected chi connectivity index (χ3v) is 4.49. The molecule has 0 amide bonds. The Morgan fingerprint density at radius 2 is 2.24 bits per heavy atom. The molecule has 0 radical (unpaired) electrons. The van der Waals surface area contributed by atoms with Crippen molar-refractivity contribution in [2.75, 3.05) is 33.9 Å². The molecule has 0 aromatic rings. The molecule has 1 aliphatic heterocycles. The fourth-order valence-electron chi connectivity index (χ4n) is 3.04. The van der Waals surface area contributed by atoms with Gasteiger partial charge in [0.2, 0.25) is 0 Å². The Morgan fingerprint density at radius 3 is 2.76 bits per heavy atom. The fourth-order valence-corrected chi connectivity index (χ4v) is 3.04. The van der Waals surface area contributed by atoms with Crippen molar-refractivity contribution in [1.29, 1.82) is 0 Å². The number of esters is 1. The van der Waals surface area contributed by atoms with E-state index < -0.39 is 5.54 Å². The second-order valence-electron chi connectivity index (χ2n) is 6.27. The lowest BCUT2D eigenvalue weighted by Crippen LogP contribution is -2.51. The van der Waals surface area contributed by atoms with Gasteiger partial charge in [0.15, 0.2) is 0 Å². The first-order valence-electron chi connectivity index (χ1n) is 8.10. The molecule has 5 nitrogen and oxygen atoms in total. The van der Waals surface area contributed by atoms with E-state index in [9.17, 15) is 4.79 Å². The third kappa shape index (κ3) is 5.24. The molecule has 0 aromatic carbocycles. The zero-order valence-electron chi connectivity index (χ0n) is 14.3. The molecule has 0 bridgehead atoms. The quantitative estimate of drug-likeness (QED) is 0.658. The summed E-state index contributed by atoms with van der Waals surface area (Å²) in [6.07, 6.45) is 4.15. The molecule has 1 rings (SSSR count). The Hall–Kier alpha value is -0.650. The van der Waals surface area contributed by atoms with Crippen LogP contribution in [-0.4, -0.2) is 62.4 Å². The molecule has 21 heavy (non-hydrogen) atoms. The number of nitrogens with one attached hydrogen (secondary N) is 1. The Bertz CT molecular complexity index is 325. The maximum atomic E-state index is 12.0. The van der Waals surface area contributed by atoms with Crippen molar-refractivity contribution in [2.24, 2.45) is 0 Å². The van der Waals surface area contributed by atoms with E-state index in [1.807, 2.05) is 6.92 Å². The largest absolute Gasteiger partial charge is 0.468 e. The van der Waals surface area contributed by atoms with Gasteiger partial charge in [0.1, 0.15) is 5.54 Å². The van der Waals surface area contributed by atoms with Gasteiger partial charge in [0, 0.05) is 12.6 Å². The smallest absolute Gasteiger partial charge is 0.325 e. The van der Waals surface area contributed by atoms with E-state index in [0.29, 0.717) is 12.1 Å². The molecule has 0 spiro atoms. The maximum Gasteiger partial charge on any atom is 0.325 e. The van der Waals surface area contributed by atoms with Crippen molar-refractivity contribution >= 4 is 5.97 Å². The van der Waals surface area contributed by atoms with E-state index in [2.05, 4.69) is 31.1 Å². The van der Waals surface area contributed by atoms with Crippen LogP contribution in [0, 0.1) is 0 Å². The highest BCUT2D eigenvalue weighted by atomic mass is 16.5. The standard InChI is InChI=1S/C16H32N2O3/c1-6-10-17-16(3,15(19)20-5)9-7-11-18(4)14-8-12-21-13(14)2/h13-14,17H,6-12H2,1-5H3. The van der Waals surface area contributed by atoms with Gasteiger partial charge in [-0.2, -0.15) is 0 Å². The van der Waals surface area contributed by atoms with Crippen molar-refractivity contribution in [2.45, 2.75) is 64.1 Å². The minimum atomic E-state index is -0.580. The molecule has 3 unspecified atom stereocenters. The third-order valence-electron chi connectivity index (χ3n) is 4.49.